The minimum absolute atomic E-state index is 0.103. The van der Waals surface area contributed by atoms with E-state index < -0.39 is 0 Å². The first-order valence-corrected chi connectivity index (χ1v) is 6.88. The third-order valence-corrected chi connectivity index (χ3v) is 3.43. The van der Waals surface area contributed by atoms with Crippen LogP contribution in [0.15, 0.2) is 48.6 Å². The van der Waals surface area contributed by atoms with E-state index in [0.29, 0.717) is 6.61 Å². The molecule has 0 aromatic heterocycles. The van der Waals surface area contributed by atoms with Gasteiger partial charge < -0.3 is 9.47 Å². The zero-order valence-electron chi connectivity index (χ0n) is 11.8. The summed E-state index contributed by atoms with van der Waals surface area (Å²) in [5.41, 5.74) is 1.11. The normalized spacial score (nSPS) is 21.6. The topological polar surface area (TPSA) is 18.5 Å². The fourth-order valence-corrected chi connectivity index (χ4v) is 2.52. The van der Waals surface area contributed by atoms with Crippen LogP contribution in [0.4, 0.5) is 0 Å². The number of methoxy groups -OCH3 is 1. The van der Waals surface area contributed by atoms with Gasteiger partial charge in [-0.25, -0.2) is 0 Å². The van der Waals surface area contributed by atoms with Crippen LogP contribution in [-0.4, -0.2) is 20.3 Å². The van der Waals surface area contributed by atoms with Gasteiger partial charge >= 0.3 is 0 Å². The number of rotatable bonds is 6. The molecule has 0 saturated heterocycles. The summed E-state index contributed by atoms with van der Waals surface area (Å²) in [5, 5.41) is 0. The zero-order valence-corrected chi connectivity index (χ0v) is 11.8. The molecule has 1 aliphatic rings. The molecule has 0 spiro atoms. The second-order valence-electron chi connectivity index (χ2n) is 4.93. The maximum atomic E-state index is 5.90. The Morgan fingerprint density at radius 2 is 2.05 bits per heavy atom. The maximum Gasteiger partial charge on any atom is 0.123 e. The average Bonchev–Trinajstić information content (AvgIpc) is 2.47. The van der Waals surface area contributed by atoms with Crippen LogP contribution in [0.3, 0.4) is 0 Å². The van der Waals surface area contributed by atoms with E-state index in [9.17, 15) is 0 Å². The molecule has 0 amide bonds. The van der Waals surface area contributed by atoms with Crippen LogP contribution in [0.1, 0.15) is 25.3 Å². The van der Waals surface area contributed by atoms with E-state index in [-0.39, 0.29) is 5.41 Å². The molecule has 102 valence electrons. The summed E-state index contributed by atoms with van der Waals surface area (Å²) < 4.78 is 11.4. The smallest absolute Gasteiger partial charge is 0.123 e. The molecule has 1 atom stereocenters. The molecule has 0 fully saturated rings. The highest BCUT2D eigenvalue weighted by molar-refractivity contribution is 5.45. The standard InChI is InChI=1S/C17H22O2/c1-3-13-19-16-10-6-5-9-15(16)17(14-18-2)11-7-4-8-12-17/h4-11H,3,12-14H2,1-2H3. The molecule has 2 nitrogen and oxygen atoms in total. The lowest BCUT2D eigenvalue weighted by Gasteiger charge is -2.32. The third-order valence-electron chi connectivity index (χ3n) is 3.43. The highest BCUT2D eigenvalue weighted by atomic mass is 16.5. The molecular weight excluding hydrogens is 236 g/mol. The van der Waals surface area contributed by atoms with Gasteiger partial charge in [0.05, 0.1) is 13.2 Å². The van der Waals surface area contributed by atoms with Gasteiger partial charge in [-0.15, -0.1) is 0 Å². The van der Waals surface area contributed by atoms with Crippen LogP contribution in [-0.2, 0) is 10.2 Å². The highest BCUT2D eigenvalue weighted by Crippen LogP contribution is 2.38. The monoisotopic (exact) mass is 258 g/mol. The SMILES string of the molecule is CCCOc1ccccc1C1(COC)C=CC=CC1. The van der Waals surface area contributed by atoms with Crippen molar-refractivity contribution in [2.24, 2.45) is 0 Å². The fraction of sp³-hybridized carbons (Fsp3) is 0.412. The van der Waals surface area contributed by atoms with Gasteiger partial charge in [-0.2, -0.15) is 0 Å². The molecule has 0 heterocycles. The fourth-order valence-electron chi connectivity index (χ4n) is 2.52. The summed E-state index contributed by atoms with van der Waals surface area (Å²) in [4.78, 5) is 0. The number of ether oxygens (including phenoxy) is 2. The summed E-state index contributed by atoms with van der Waals surface area (Å²) in [5.74, 6) is 0.973. The van der Waals surface area contributed by atoms with Crippen molar-refractivity contribution < 1.29 is 9.47 Å². The minimum atomic E-state index is -0.103. The van der Waals surface area contributed by atoms with Crippen molar-refractivity contribution in [2.45, 2.75) is 25.2 Å². The first-order chi connectivity index (χ1) is 9.32. The summed E-state index contributed by atoms with van der Waals surface area (Å²) in [6.07, 6.45) is 10.6. The molecule has 0 N–H and O–H groups in total. The number of hydrogen-bond acceptors (Lipinski definition) is 2. The van der Waals surface area contributed by atoms with Gasteiger partial charge in [0.2, 0.25) is 0 Å². The number of hydrogen-bond donors (Lipinski definition) is 0. The Kier molecular flexibility index (Phi) is 4.80. The largest absolute Gasteiger partial charge is 0.493 e. The van der Waals surface area contributed by atoms with Crippen LogP contribution >= 0.6 is 0 Å². The lowest BCUT2D eigenvalue weighted by atomic mass is 9.75. The minimum Gasteiger partial charge on any atom is -0.493 e. The van der Waals surface area contributed by atoms with E-state index in [1.54, 1.807) is 7.11 Å². The van der Waals surface area contributed by atoms with Gasteiger partial charge in [0.15, 0.2) is 0 Å². The summed E-state index contributed by atoms with van der Waals surface area (Å²) in [7, 11) is 1.75. The van der Waals surface area contributed by atoms with E-state index in [1.807, 2.05) is 6.07 Å². The molecule has 1 aromatic rings. The summed E-state index contributed by atoms with van der Waals surface area (Å²) in [6.45, 7) is 3.54. The molecule has 0 bridgehead atoms. The van der Waals surface area contributed by atoms with Crippen LogP contribution in [0, 0.1) is 0 Å². The van der Waals surface area contributed by atoms with E-state index in [1.165, 1.54) is 5.56 Å². The summed E-state index contributed by atoms with van der Waals surface area (Å²) in [6, 6.07) is 8.29. The number of para-hydroxylation sites is 1. The molecule has 2 heteroatoms. The highest BCUT2D eigenvalue weighted by Gasteiger charge is 2.32. The van der Waals surface area contributed by atoms with Gasteiger partial charge in [0.1, 0.15) is 5.75 Å². The molecule has 0 aliphatic heterocycles. The van der Waals surface area contributed by atoms with Crippen molar-refractivity contribution in [1.82, 2.24) is 0 Å². The van der Waals surface area contributed by atoms with Gasteiger partial charge in [-0.05, 0) is 18.9 Å². The van der Waals surface area contributed by atoms with Crippen molar-refractivity contribution in [2.75, 3.05) is 20.3 Å². The Hall–Kier alpha value is -1.54. The Balaban J connectivity index is 2.36. The third kappa shape index (κ3) is 3.07. The van der Waals surface area contributed by atoms with Crippen LogP contribution in [0.25, 0.3) is 0 Å². The molecule has 0 radical (unpaired) electrons. The van der Waals surface area contributed by atoms with Crippen LogP contribution in [0.2, 0.25) is 0 Å². The maximum absolute atomic E-state index is 5.90. The van der Waals surface area contributed by atoms with Gasteiger partial charge in [-0.1, -0.05) is 49.4 Å². The lowest BCUT2D eigenvalue weighted by Crippen LogP contribution is -2.30. The number of allylic oxidation sites excluding steroid dienone is 3. The quantitative estimate of drug-likeness (QED) is 0.771. The van der Waals surface area contributed by atoms with E-state index in [4.69, 9.17) is 9.47 Å². The van der Waals surface area contributed by atoms with Crippen molar-refractivity contribution in [3.63, 3.8) is 0 Å². The van der Waals surface area contributed by atoms with E-state index >= 15 is 0 Å². The molecule has 1 aliphatic carbocycles. The molecule has 19 heavy (non-hydrogen) atoms. The van der Waals surface area contributed by atoms with E-state index in [2.05, 4.69) is 49.4 Å². The number of benzene rings is 1. The second kappa shape index (κ2) is 6.58. The Morgan fingerprint density at radius 3 is 2.74 bits per heavy atom. The summed E-state index contributed by atoms with van der Waals surface area (Å²) >= 11 is 0. The van der Waals surface area contributed by atoms with Gasteiger partial charge in [-0.3, -0.25) is 0 Å². The first-order valence-electron chi connectivity index (χ1n) is 6.88. The molecule has 1 unspecified atom stereocenters. The Bertz CT molecular complexity index is 462. The molecule has 2 rings (SSSR count). The van der Waals surface area contributed by atoms with Gasteiger partial charge in [0.25, 0.3) is 0 Å². The van der Waals surface area contributed by atoms with Crippen molar-refractivity contribution >= 4 is 0 Å². The predicted octanol–water partition coefficient (Wildman–Crippen LogP) is 3.88. The van der Waals surface area contributed by atoms with Crippen LogP contribution < -0.4 is 4.74 Å². The Labute approximate surface area is 115 Å². The van der Waals surface area contributed by atoms with Gasteiger partial charge in [0, 0.05) is 18.1 Å². The lowest BCUT2D eigenvalue weighted by molar-refractivity contribution is 0.149. The average molecular weight is 258 g/mol. The first kappa shape index (κ1) is 13.9. The second-order valence-corrected chi connectivity index (χ2v) is 4.93. The molecular formula is C17H22O2. The molecule has 1 aromatic carbocycles. The van der Waals surface area contributed by atoms with Crippen molar-refractivity contribution in [1.29, 1.82) is 0 Å². The Morgan fingerprint density at radius 1 is 1.21 bits per heavy atom. The molecule has 0 saturated carbocycles. The van der Waals surface area contributed by atoms with Crippen molar-refractivity contribution in [3.05, 3.63) is 54.1 Å². The van der Waals surface area contributed by atoms with Crippen molar-refractivity contribution in [3.8, 4) is 5.75 Å². The zero-order chi connectivity index (χ0) is 13.6. The van der Waals surface area contributed by atoms with E-state index in [0.717, 1.165) is 25.2 Å². The van der Waals surface area contributed by atoms with Crippen LogP contribution in [0.5, 0.6) is 5.75 Å². The predicted molar refractivity (Wildman–Crippen MR) is 78.7 cm³/mol.